The zero-order chi connectivity index (χ0) is 16.1. The molecule has 0 spiro atoms. The molecule has 0 aliphatic heterocycles. The summed E-state index contributed by atoms with van der Waals surface area (Å²) in [5.41, 5.74) is 3.67. The van der Waals surface area contributed by atoms with Crippen molar-refractivity contribution in [2.75, 3.05) is 5.75 Å². The summed E-state index contributed by atoms with van der Waals surface area (Å²) in [7, 11) is 0. The summed E-state index contributed by atoms with van der Waals surface area (Å²) < 4.78 is 1.05. The fraction of sp³-hybridized carbons (Fsp3) is 0.278. The largest absolute Gasteiger partial charge is 0.349 e. The molecule has 2 rings (SSSR count). The second-order valence-electron chi connectivity index (χ2n) is 5.38. The Morgan fingerprint density at radius 3 is 2.45 bits per heavy atom. The number of benzene rings is 2. The Morgan fingerprint density at radius 1 is 1.14 bits per heavy atom. The third kappa shape index (κ3) is 4.89. The molecule has 4 heteroatoms. The number of hydrogen-bond donors (Lipinski definition) is 1. The van der Waals surface area contributed by atoms with E-state index in [1.807, 2.05) is 31.2 Å². The van der Waals surface area contributed by atoms with Crippen LogP contribution < -0.4 is 5.32 Å². The van der Waals surface area contributed by atoms with Gasteiger partial charge in [0.05, 0.1) is 11.8 Å². The Labute approximate surface area is 144 Å². The predicted molar refractivity (Wildman–Crippen MR) is 97.3 cm³/mol. The first-order valence-electron chi connectivity index (χ1n) is 7.20. The average Bonchev–Trinajstić information content (AvgIpc) is 2.49. The fourth-order valence-electron chi connectivity index (χ4n) is 2.08. The van der Waals surface area contributed by atoms with Crippen molar-refractivity contribution in [3.05, 3.63) is 63.6 Å². The summed E-state index contributed by atoms with van der Waals surface area (Å²) >= 11 is 4.95. The van der Waals surface area contributed by atoms with Crippen LogP contribution in [0.3, 0.4) is 0 Å². The van der Waals surface area contributed by atoms with Crippen LogP contribution in [0, 0.1) is 13.8 Å². The zero-order valence-corrected chi connectivity index (χ0v) is 15.4. The molecule has 116 valence electrons. The molecule has 1 N–H and O–H groups in total. The summed E-state index contributed by atoms with van der Waals surface area (Å²) in [5.74, 6) is 0.482. The lowest BCUT2D eigenvalue weighted by atomic mass is 10.0. The van der Waals surface area contributed by atoms with E-state index in [0.717, 1.165) is 14.9 Å². The molecule has 0 aromatic heterocycles. The second kappa shape index (κ2) is 7.84. The highest BCUT2D eigenvalue weighted by molar-refractivity contribution is 9.10. The highest BCUT2D eigenvalue weighted by Crippen LogP contribution is 2.21. The number of halogens is 1. The normalized spacial score (nSPS) is 12.0. The van der Waals surface area contributed by atoms with Crippen molar-refractivity contribution in [3.8, 4) is 0 Å². The van der Waals surface area contributed by atoms with Gasteiger partial charge in [-0.1, -0.05) is 34.1 Å². The number of aryl methyl sites for hydroxylation is 2. The van der Waals surface area contributed by atoms with Crippen molar-refractivity contribution in [2.45, 2.75) is 31.7 Å². The molecule has 0 unspecified atom stereocenters. The molecule has 2 aromatic rings. The Bertz CT molecular complexity index is 655. The van der Waals surface area contributed by atoms with Crippen LogP contribution in [0.4, 0.5) is 0 Å². The predicted octanol–water partition coefficient (Wildman–Crippen LogP) is 5.04. The number of carbonyl (C=O) groups is 1. The van der Waals surface area contributed by atoms with E-state index in [-0.39, 0.29) is 11.9 Å². The molecular formula is C18H20BrNOS. The van der Waals surface area contributed by atoms with Crippen LogP contribution in [-0.4, -0.2) is 11.7 Å². The van der Waals surface area contributed by atoms with Gasteiger partial charge in [-0.05, 0) is 61.7 Å². The lowest BCUT2D eigenvalue weighted by Crippen LogP contribution is -2.28. The first kappa shape index (κ1) is 17.1. The van der Waals surface area contributed by atoms with E-state index in [1.54, 1.807) is 11.8 Å². The molecule has 0 radical (unpaired) electrons. The third-order valence-electron chi connectivity index (χ3n) is 3.59. The Morgan fingerprint density at radius 2 is 1.82 bits per heavy atom. The molecule has 2 aromatic carbocycles. The minimum absolute atomic E-state index is 0.0253. The highest BCUT2D eigenvalue weighted by Gasteiger charge is 2.10. The average molecular weight is 378 g/mol. The summed E-state index contributed by atoms with van der Waals surface area (Å²) in [6.07, 6.45) is 0. The SMILES string of the molecule is Cc1ccc([C@H](C)NC(=O)CSc2ccc(Br)cc2)cc1C. The van der Waals surface area contributed by atoms with Gasteiger partial charge in [0.25, 0.3) is 0 Å². The van der Waals surface area contributed by atoms with E-state index in [0.29, 0.717) is 5.75 Å². The summed E-state index contributed by atoms with van der Waals surface area (Å²) in [4.78, 5) is 13.2. The van der Waals surface area contributed by atoms with E-state index < -0.39 is 0 Å². The van der Waals surface area contributed by atoms with Gasteiger partial charge in [-0.2, -0.15) is 0 Å². The minimum atomic E-state index is 0.0253. The summed E-state index contributed by atoms with van der Waals surface area (Å²) in [6, 6.07) is 14.3. The molecule has 0 fully saturated rings. The first-order valence-corrected chi connectivity index (χ1v) is 8.98. The van der Waals surface area contributed by atoms with Crippen LogP contribution >= 0.6 is 27.7 Å². The van der Waals surface area contributed by atoms with Crippen LogP contribution in [0.1, 0.15) is 29.7 Å². The number of amides is 1. The molecule has 22 heavy (non-hydrogen) atoms. The fourth-order valence-corrected chi connectivity index (χ4v) is 3.05. The molecule has 0 saturated heterocycles. The van der Waals surface area contributed by atoms with Crippen LogP contribution in [0.5, 0.6) is 0 Å². The third-order valence-corrected chi connectivity index (χ3v) is 5.13. The molecular weight excluding hydrogens is 358 g/mol. The molecule has 0 heterocycles. The number of nitrogens with one attached hydrogen (secondary N) is 1. The minimum Gasteiger partial charge on any atom is -0.349 e. The van der Waals surface area contributed by atoms with E-state index >= 15 is 0 Å². The van der Waals surface area contributed by atoms with Gasteiger partial charge < -0.3 is 5.32 Å². The molecule has 0 saturated carbocycles. The molecule has 0 aliphatic carbocycles. The Kier molecular flexibility index (Phi) is 6.09. The maximum absolute atomic E-state index is 12.1. The van der Waals surface area contributed by atoms with Gasteiger partial charge in [0.1, 0.15) is 0 Å². The van der Waals surface area contributed by atoms with Crippen molar-refractivity contribution in [2.24, 2.45) is 0 Å². The van der Waals surface area contributed by atoms with Gasteiger partial charge >= 0.3 is 0 Å². The van der Waals surface area contributed by atoms with E-state index in [1.165, 1.54) is 11.1 Å². The standard InChI is InChI=1S/C18H20BrNOS/c1-12-4-5-15(10-13(12)2)14(3)20-18(21)11-22-17-8-6-16(19)7-9-17/h4-10,14H,11H2,1-3H3,(H,20,21)/t14-/m0/s1. The van der Waals surface area contributed by atoms with Crippen LogP contribution in [0.2, 0.25) is 0 Å². The molecule has 1 atom stereocenters. The van der Waals surface area contributed by atoms with Gasteiger partial charge in [-0.3, -0.25) is 4.79 Å². The van der Waals surface area contributed by atoms with Crippen LogP contribution in [0.15, 0.2) is 51.8 Å². The summed E-state index contributed by atoms with van der Waals surface area (Å²) in [6.45, 7) is 6.21. The Hall–Kier alpha value is -1.26. The number of hydrogen-bond acceptors (Lipinski definition) is 2. The van der Waals surface area contributed by atoms with Crippen molar-refractivity contribution in [1.82, 2.24) is 5.32 Å². The van der Waals surface area contributed by atoms with E-state index in [4.69, 9.17) is 0 Å². The molecule has 0 bridgehead atoms. The number of carbonyl (C=O) groups excluding carboxylic acids is 1. The maximum Gasteiger partial charge on any atom is 0.230 e. The topological polar surface area (TPSA) is 29.1 Å². The maximum atomic E-state index is 12.1. The lowest BCUT2D eigenvalue weighted by molar-refractivity contribution is -0.119. The van der Waals surface area contributed by atoms with Gasteiger partial charge in [-0.25, -0.2) is 0 Å². The van der Waals surface area contributed by atoms with Gasteiger partial charge in [0.15, 0.2) is 0 Å². The smallest absolute Gasteiger partial charge is 0.230 e. The monoisotopic (exact) mass is 377 g/mol. The van der Waals surface area contributed by atoms with Crippen LogP contribution in [0.25, 0.3) is 0 Å². The number of thioether (sulfide) groups is 1. The first-order chi connectivity index (χ1) is 10.5. The second-order valence-corrected chi connectivity index (χ2v) is 7.34. The Balaban J connectivity index is 1.88. The van der Waals surface area contributed by atoms with Crippen molar-refractivity contribution >= 4 is 33.6 Å². The number of rotatable bonds is 5. The van der Waals surface area contributed by atoms with E-state index in [9.17, 15) is 4.79 Å². The molecule has 0 aliphatic rings. The molecule has 1 amide bonds. The summed E-state index contributed by atoms with van der Waals surface area (Å²) in [5, 5.41) is 3.06. The quantitative estimate of drug-likeness (QED) is 0.739. The van der Waals surface area contributed by atoms with Crippen molar-refractivity contribution in [3.63, 3.8) is 0 Å². The molecule has 2 nitrogen and oxygen atoms in total. The van der Waals surface area contributed by atoms with Gasteiger partial charge in [0.2, 0.25) is 5.91 Å². The lowest BCUT2D eigenvalue weighted by Gasteiger charge is -2.15. The highest BCUT2D eigenvalue weighted by atomic mass is 79.9. The zero-order valence-electron chi connectivity index (χ0n) is 13.0. The van der Waals surface area contributed by atoms with Crippen molar-refractivity contribution < 1.29 is 4.79 Å². The van der Waals surface area contributed by atoms with Crippen molar-refractivity contribution in [1.29, 1.82) is 0 Å². The van der Waals surface area contributed by atoms with Gasteiger partial charge in [-0.15, -0.1) is 11.8 Å². The van der Waals surface area contributed by atoms with E-state index in [2.05, 4.69) is 53.3 Å². The van der Waals surface area contributed by atoms with Gasteiger partial charge in [0, 0.05) is 9.37 Å². The van der Waals surface area contributed by atoms with Crippen LogP contribution in [-0.2, 0) is 4.79 Å².